The van der Waals surface area contributed by atoms with Crippen LogP contribution in [0.4, 0.5) is 10.2 Å². The van der Waals surface area contributed by atoms with Crippen LogP contribution >= 0.6 is 11.6 Å². The maximum atomic E-state index is 13.2. The monoisotopic (exact) mass is 467 g/mol. The molecular weight excluding hydrogens is 445 g/mol. The number of aliphatic hydroxyl groups is 1. The molecule has 1 aliphatic rings. The van der Waals surface area contributed by atoms with Crippen LogP contribution in [-0.4, -0.2) is 36.5 Å². The van der Waals surface area contributed by atoms with E-state index in [1.54, 1.807) is 29.1 Å². The van der Waals surface area contributed by atoms with Crippen molar-refractivity contribution in [2.45, 2.75) is 45.4 Å². The third kappa shape index (κ3) is 3.94. The minimum absolute atomic E-state index is 0.252. The second-order valence-corrected chi connectivity index (χ2v) is 8.89. The molecule has 1 fully saturated rings. The first-order valence-electron chi connectivity index (χ1n) is 10.9. The van der Waals surface area contributed by atoms with Crippen LogP contribution in [-0.2, 0) is 4.79 Å². The van der Waals surface area contributed by atoms with Crippen molar-refractivity contribution in [3.05, 3.63) is 53.2 Å². The lowest BCUT2D eigenvalue weighted by Gasteiger charge is -2.14. The summed E-state index contributed by atoms with van der Waals surface area (Å²) in [4.78, 5) is 25.5. The van der Waals surface area contributed by atoms with Crippen LogP contribution in [0.1, 0.15) is 43.5 Å². The molecule has 4 aromatic rings. The van der Waals surface area contributed by atoms with Crippen molar-refractivity contribution in [3.8, 4) is 11.1 Å². The molecule has 1 saturated carbocycles. The first-order chi connectivity index (χ1) is 15.9. The van der Waals surface area contributed by atoms with Gasteiger partial charge in [0.1, 0.15) is 22.8 Å². The minimum atomic E-state index is -1.07. The van der Waals surface area contributed by atoms with E-state index in [-0.39, 0.29) is 12.3 Å². The Bertz CT molecular complexity index is 1390. The number of hydrogen-bond donors (Lipinski definition) is 2. The van der Waals surface area contributed by atoms with Crippen molar-refractivity contribution in [3.63, 3.8) is 0 Å². The molecule has 2 N–H and O–H groups in total. The predicted molar refractivity (Wildman–Crippen MR) is 125 cm³/mol. The Kier molecular flexibility index (Phi) is 5.50. The fraction of sp³-hybridized carbons (Fsp3) is 0.333. The van der Waals surface area contributed by atoms with E-state index in [0.717, 1.165) is 34.0 Å². The number of rotatable bonds is 6. The predicted octanol–water partition coefficient (Wildman–Crippen LogP) is 5.04. The van der Waals surface area contributed by atoms with Crippen LogP contribution in [0.3, 0.4) is 0 Å². The Morgan fingerprint density at radius 2 is 2.03 bits per heavy atom. The quantitative estimate of drug-likeness (QED) is 0.414. The number of carbonyl (C=O) groups excluding carboxylic acids is 1. The van der Waals surface area contributed by atoms with Crippen LogP contribution in [0.25, 0.3) is 27.7 Å². The van der Waals surface area contributed by atoms with Gasteiger partial charge in [-0.1, -0.05) is 24.9 Å². The van der Waals surface area contributed by atoms with Gasteiger partial charge in [0.2, 0.25) is 5.91 Å². The van der Waals surface area contributed by atoms with Gasteiger partial charge in [0.15, 0.2) is 0 Å². The topological polar surface area (TPSA) is 92.4 Å². The number of halogens is 2. The zero-order valence-corrected chi connectivity index (χ0v) is 19.0. The lowest BCUT2D eigenvalue weighted by Crippen LogP contribution is -2.16. The van der Waals surface area contributed by atoms with Crippen molar-refractivity contribution >= 4 is 39.9 Å². The number of nitrogens with one attached hydrogen (secondary N) is 1. The summed E-state index contributed by atoms with van der Waals surface area (Å²) in [6.07, 6.45) is 5.06. The van der Waals surface area contributed by atoms with Gasteiger partial charge in [-0.3, -0.25) is 14.2 Å². The van der Waals surface area contributed by atoms with Crippen molar-refractivity contribution in [1.29, 1.82) is 0 Å². The Morgan fingerprint density at radius 1 is 1.24 bits per heavy atom. The molecular formula is C24H23ClFN5O2. The minimum Gasteiger partial charge on any atom is -0.387 e. The van der Waals surface area contributed by atoms with Gasteiger partial charge in [-0.2, -0.15) is 0 Å². The van der Waals surface area contributed by atoms with Gasteiger partial charge in [-0.25, -0.2) is 14.4 Å². The molecule has 0 aliphatic heterocycles. The smallest absolute Gasteiger partial charge is 0.231 e. The number of hydrogen-bond acceptors (Lipinski definition) is 5. The molecule has 1 amide bonds. The first kappa shape index (κ1) is 21.7. The summed E-state index contributed by atoms with van der Waals surface area (Å²) in [5, 5.41) is 14.2. The largest absolute Gasteiger partial charge is 0.387 e. The van der Waals surface area contributed by atoms with Crippen LogP contribution < -0.4 is 5.32 Å². The molecule has 0 radical (unpaired) electrons. The van der Waals surface area contributed by atoms with E-state index in [9.17, 15) is 14.3 Å². The van der Waals surface area contributed by atoms with E-state index in [2.05, 4.69) is 20.3 Å². The highest BCUT2D eigenvalue weighted by Crippen LogP contribution is 2.36. The number of imidazole rings is 1. The van der Waals surface area contributed by atoms with Gasteiger partial charge in [-0.15, -0.1) is 0 Å². The average Bonchev–Trinajstić information content (AvgIpc) is 3.41. The fourth-order valence-electron chi connectivity index (χ4n) is 4.11. The molecule has 0 bridgehead atoms. The molecule has 1 aliphatic carbocycles. The fourth-order valence-corrected chi connectivity index (χ4v) is 4.33. The van der Waals surface area contributed by atoms with Crippen LogP contribution in [0.5, 0.6) is 0 Å². The van der Waals surface area contributed by atoms with Gasteiger partial charge in [-0.05, 0) is 37.5 Å². The number of nitrogens with zero attached hydrogens (tertiary/aromatic N) is 4. The third-order valence-electron chi connectivity index (χ3n) is 6.04. The van der Waals surface area contributed by atoms with E-state index in [4.69, 9.17) is 11.6 Å². The van der Waals surface area contributed by atoms with Gasteiger partial charge in [0.25, 0.3) is 0 Å². The summed E-state index contributed by atoms with van der Waals surface area (Å²) in [5.74, 6) is -0.639. The number of alkyl halides is 1. The molecule has 0 spiro atoms. The highest BCUT2D eigenvalue weighted by Gasteiger charge is 2.43. The van der Waals surface area contributed by atoms with Gasteiger partial charge in [0, 0.05) is 35.0 Å². The normalized spacial score (nSPS) is 18.6. The molecule has 9 heteroatoms. The summed E-state index contributed by atoms with van der Waals surface area (Å²) in [6, 6.07) is 5.56. The van der Waals surface area contributed by atoms with E-state index < -0.39 is 18.2 Å². The second-order valence-electron chi connectivity index (χ2n) is 8.50. The average molecular weight is 468 g/mol. The summed E-state index contributed by atoms with van der Waals surface area (Å²) < 4.78 is 15.0. The Balaban J connectivity index is 1.59. The van der Waals surface area contributed by atoms with Crippen LogP contribution in [0.15, 0.2) is 36.8 Å². The second kappa shape index (κ2) is 8.35. The molecule has 3 atom stereocenters. The molecule has 0 aromatic carbocycles. The van der Waals surface area contributed by atoms with E-state index in [0.29, 0.717) is 28.7 Å². The number of anilines is 1. The van der Waals surface area contributed by atoms with E-state index >= 15 is 0 Å². The summed E-state index contributed by atoms with van der Waals surface area (Å²) in [6.45, 7) is 3.99. The van der Waals surface area contributed by atoms with Crippen molar-refractivity contribution in [2.75, 3.05) is 5.32 Å². The number of aliphatic hydroxyl groups excluding tert-OH is 1. The van der Waals surface area contributed by atoms with Gasteiger partial charge < -0.3 is 10.4 Å². The van der Waals surface area contributed by atoms with Gasteiger partial charge in [0.05, 0.1) is 29.4 Å². The van der Waals surface area contributed by atoms with Crippen LogP contribution in [0.2, 0.25) is 5.15 Å². The number of fused-ring (bicyclic) bond motifs is 3. The first-order valence-corrected chi connectivity index (χ1v) is 11.3. The summed E-state index contributed by atoms with van der Waals surface area (Å²) in [7, 11) is 0. The molecule has 7 nitrogen and oxygen atoms in total. The van der Waals surface area contributed by atoms with Crippen molar-refractivity contribution in [2.24, 2.45) is 5.92 Å². The van der Waals surface area contributed by atoms with E-state index in [1.165, 1.54) is 0 Å². The lowest BCUT2D eigenvalue weighted by atomic mass is 10.00. The number of carbonyl (C=O) groups is 1. The highest BCUT2D eigenvalue weighted by molar-refractivity contribution is 6.30. The Morgan fingerprint density at radius 3 is 2.73 bits per heavy atom. The molecule has 5 rings (SSSR count). The van der Waals surface area contributed by atoms with E-state index in [1.807, 2.05) is 26.0 Å². The third-order valence-corrected chi connectivity index (χ3v) is 6.31. The highest BCUT2D eigenvalue weighted by atomic mass is 35.5. The lowest BCUT2D eigenvalue weighted by molar-refractivity contribution is -0.117. The molecule has 4 heterocycles. The molecule has 4 aromatic heterocycles. The number of aryl methyl sites for hydroxylation is 1. The van der Waals surface area contributed by atoms with Crippen molar-refractivity contribution in [1.82, 2.24) is 19.4 Å². The maximum absolute atomic E-state index is 13.2. The number of aromatic nitrogens is 4. The maximum Gasteiger partial charge on any atom is 0.231 e. The zero-order valence-electron chi connectivity index (χ0n) is 18.2. The summed E-state index contributed by atoms with van der Waals surface area (Å²) >= 11 is 6.48. The van der Waals surface area contributed by atoms with Crippen molar-refractivity contribution < 1.29 is 14.3 Å². The SMILES string of the molecule is CCC[C@H](O)c1cc(C)c(-c2cc3cnc(NC(=O)[C@H]4C[C@H]4F)cc3n3c(Cl)cnc23)cn1. The molecule has 170 valence electrons. The van der Waals surface area contributed by atoms with Crippen LogP contribution in [0, 0.1) is 12.8 Å². The molecule has 0 saturated heterocycles. The molecule has 33 heavy (non-hydrogen) atoms. The molecule has 0 unspecified atom stereocenters. The zero-order chi connectivity index (χ0) is 23.3. The summed E-state index contributed by atoms with van der Waals surface area (Å²) in [5.41, 5.74) is 4.65. The standard InChI is InChI=1S/C24H23ClFN5O2/c1-3-4-20(32)18-5-12(2)16(10-27-18)14-6-13-9-28-22(30-24(33)15-7-17(15)26)8-19(13)31-21(25)11-29-23(14)31/h5-6,8-11,15,17,20,32H,3-4,7H2,1-2H3,(H,28,30,33)/t15-,17+,20-/m0/s1. The number of pyridine rings is 3. The number of amides is 1. The Hall–Kier alpha value is -3.10. The Labute approximate surface area is 194 Å². The van der Waals surface area contributed by atoms with Gasteiger partial charge >= 0.3 is 0 Å².